The van der Waals surface area contributed by atoms with Gasteiger partial charge in [-0.25, -0.2) is 0 Å². The van der Waals surface area contributed by atoms with E-state index in [1.54, 1.807) is 0 Å². The van der Waals surface area contributed by atoms with E-state index < -0.39 is 0 Å². The minimum absolute atomic E-state index is 0.0275. The van der Waals surface area contributed by atoms with Crippen LogP contribution in [-0.2, 0) is 4.79 Å². The highest BCUT2D eigenvalue weighted by molar-refractivity contribution is 14.1. The van der Waals surface area contributed by atoms with Crippen LogP contribution >= 0.6 is 46.8 Å². The van der Waals surface area contributed by atoms with Gasteiger partial charge in [-0.05, 0) is 64.8 Å². The molecule has 17 heavy (non-hydrogen) atoms. The summed E-state index contributed by atoms with van der Waals surface area (Å²) in [6, 6.07) is 5.60. The Labute approximate surface area is 125 Å². The van der Waals surface area contributed by atoms with Gasteiger partial charge in [0.1, 0.15) is 0 Å². The van der Waals surface area contributed by atoms with Crippen LogP contribution in [0.4, 0.5) is 5.69 Å². The van der Waals surface area contributed by atoms with Crippen molar-refractivity contribution in [3.8, 4) is 0 Å². The molecule has 0 aliphatic heterocycles. The fourth-order valence-electron chi connectivity index (χ4n) is 1.69. The molecule has 1 aliphatic carbocycles. The average Bonchev–Trinajstić information content (AvgIpc) is 3.03. The molecule has 1 amide bonds. The largest absolute Gasteiger partial charge is 0.325 e. The molecule has 5 heteroatoms. The number of hydrogen-bond donors (Lipinski definition) is 2. The van der Waals surface area contributed by atoms with E-state index in [1.807, 2.05) is 18.2 Å². The molecular formula is C12H13ClINOS. The maximum Gasteiger partial charge on any atom is 0.225 e. The first-order chi connectivity index (χ1) is 8.04. The molecule has 0 radical (unpaired) electrons. The lowest BCUT2D eigenvalue weighted by atomic mass is 10.1. The highest BCUT2D eigenvalue weighted by Gasteiger charge is 2.42. The summed E-state index contributed by atoms with van der Waals surface area (Å²) in [5, 5.41) is 3.44. The summed E-state index contributed by atoms with van der Waals surface area (Å²) in [7, 11) is 0. The molecule has 1 saturated carbocycles. The summed E-state index contributed by atoms with van der Waals surface area (Å²) in [6.07, 6.45) is 2.74. The number of hydrogen-bond acceptors (Lipinski definition) is 2. The Bertz CT molecular complexity index is 448. The van der Waals surface area contributed by atoms with Crippen molar-refractivity contribution in [1.29, 1.82) is 0 Å². The number of rotatable bonds is 4. The second-order valence-corrected chi connectivity index (χ2v) is 6.48. The van der Waals surface area contributed by atoms with Crippen LogP contribution in [0, 0.1) is 8.99 Å². The van der Waals surface area contributed by atoms with Crippen LogP contribution in [0.15, 0.2) is 18.2 Å². The zero-order valence-corrected chi connectivity index (χ0v) is 13.0. The van der Waals surface area contributed by atoms with E-state index in [0.717, 1.165) is 22.2 Å². The van der Waals surface area contributed by atoms with Gasteiger partial charge in [-0.15, -0.1) is 0 Å². The quantitative estimate of drug-likeness (QED) is 0.599. The van der Waals surface area contributed by atoms with Gasteiger partial charge >= 0.3 is 0 Å². The van der Waals surface area contributed by atoms with Crippen LogP contribution in [0.1, 0.15) is 19.3 Å². The molecule has 1 aromatic rings. The van der Waals surface area contributed by atoms with Crippen molar-refractivity contribution in [2.45, 2.75) is 19.3 Å². The van der Waals surface area contributed by atoms with Gasteiger partial charge < -0.3 is 5.32 Å². The second-order valence-electron chi connectivity index (χ2n) is 4.51. The normalized spacial score (nSPS) is 16.6. The van der Waals surface area contributed by atoms with Crippen LogP contribution in [0.5, 0.6) is 0 Å². The van der Waals surface area contributed by atoms with Crippen molar-refractivity contribution < 1.29 is 4.79 Å². The van der Waals surface area contributed by atoms with E-state index >= 15 is 0 Å². The van der Waals surface area contributed by atoms with Gasteiger partial charge in [-0.3, -0.25) is 4.79 Å². The molecule has 92 valence electrons. The minimum atomic E-state index is 0.0275. The third kappa shape index (κ3) is 3.51. The lowest BCUT2D eigenvalue weighted by Gasteiger charge is -2.12. The van der Waals surface area contributed by atoms with Gasteiger partial charge in [-0.2, -0.15) is 12.6 Å². The van der Waals surface area contributed by atoms with Gasteiger partial charge in [0.25, 0.3) is 0 Å². The van der Waals surface area contributed by atoms with Crippen LogP contribution < -0.4 is 5.32 Å². The standard InChI is InChI=1S/C12H13ClINOS/c13-9-5-8(14)1-2-10(9)15-11(16)6-12(7-17)3-4-12/h1-2,5,17H,3-4,6-7H2,(H,15,16). The SMILES string of the molecule is O=C(CC1(CS)CC1)Nc1ccc(I)cc1Cl. The molecule has 0 atom stereocenters. The summed E-state index contributed by atoms with van der Waals surface area (Å²) < 4.78 is 1.06. The second kappa shape index (κ2) is 5.36. The average molecular weight is 382 g/mol. The first-order valence-electron chi connectivity index (χ1n) is 5.40. The van der Waals surface area contributed by atoms with Crippen molar-refractivity contribution >= 4 is 58.4 Å². The Morgan fingerprint density at radius 1 is 1.53 bits per heavy atom. The highest BCUT2D eigenvalue weighted by Crippen LogP contribution is 2.49. The van der Waals surface area contributed by atoms with Gasteiger partial charge in [-0.1, -0.05) is 11.6 Å². The smallest absolute Gasteiger partial charge is 0.225 e. The molecule has 1 aromatic carbocycles. The summed E-state index contributed by atoms with van der Waals surface area (Å²) in [4.78, 5) is 11.9. The molecule has 1 N–H and O–H groups in total. The molecule has 0 bridgehead atoms. The van der Waals surface area contributed by atoms with Crippen LogP contribution in [0.3, 0.4) is 0 Å². The van der Waals surface area contributed by atoms with Crippen molar-refractivity contribution in [2.24, 2.45) is 5.41 Å². The number of amides is 1. The van der Waals surface area contributed by atoms with Crippen LogP contribution in [-0.4, -0.2) is 11.7 Å². The highest BCUT2D eigenvalue weighted by atomic mass is 127. The van der Waals surface area contributed by atoms with Crippen molar-refractivity contribution in [1.82, 2.24) is 0 Å². The van der Waals surface area contributed by atoms with E-state index in [9.17, 15) is 4.79 Å². The van der Waals surface area contributed by atoms with Crippen LogP contribution in [0.25, 0.3) is 0 Å². The van der Waals surface area contributed by atoms with E-state index in [1.165, 1.54) is 0 Å². The molecule has 0 unspecified atom stereocenters. The topological polar surface area (TPSA) is 29.1 Å². The minimum Gasteiger partial charge on any atom is -0.325 e. The van der Waals surface area contributed by atoms with Gasteiger partial charge in [0, 0.05) is 9.99 Å². The Morgan fingerprint density at radius 2 is 2.24 bits per heavy atom. The summed E-state index contributed by atoms with van der Waals surface area (Å²) in [6.45, 7) is 0. The maximum atomic E-state index is 11.9. The summed E-state index contributed by atoms with van der Waals surface area (Å²) in [5.74, 6) is 0.806. The predicted molar refractivity (Wildman–Crippen MR) is 82.9 cm³/mol. The number of anilines is 1. The number of carbonyl (C=O) groups is 1. The van der Waals surface area contributed by atoms with E-state index in [-0.39, 0.29) is 11.3 Å². The van der Waals surface area contributed by atoms with E-state index in [2.05, 4.69) is 40.5 Å². The third-order valence-electron chi connectivity index (χ3n) is 3.03. The van der Waals surface area contributed by atoms with Gasteiger partial charge in [0.15, 0.2) is 0 Å². The Balaban J connectivity index is 1.98. The van der Waals surface area contributed by atoms with Gasteiger partial charge in [0.05, 0.1) is 10.7 Å². The number of nitrogens with one attached hydrogen (secondary N) is 1. The molecular weight excluding hydrogens is 369 g/mol. The van der Waals surface area contributed by atoms with Crippen molar-refractivity contribution in [3.63, 3.8) is 0 Å². The molecule has 0 spiro atoms. The Hall–Kier alpha value is 0.0600. The number of benzene rings is 1. The number of thiol groups is 1. The summed E-state index contributed by atoms with van der Waals surface area (Å²) in [5.41, 5.74) is 0.829. The molecule has 1 aliphatic rings. The lowest BCUT2D eigenvalue weighted by molar-refractivity contribution is -0.117. The van der Waals surface area contributed by atoms with Crippen molar-refractivity contribution in [3.05, 3.63) is 26.8 Å². The molecule has 0 saturated heterocycles. The lowest BCUT2D eigenvalue weighted by Crippen LogP contribution is -2.18. The summed E-state index contributed by atoms with van der Waals surface area (Å²) >= 11 is 12.5. The Kier molecular flexibility index (Phi) is 4.26. The number of carbonyl (C=O) groups excluding carboxylic acids is 1. The monoisotopic (exact) mass is 381 g/mol. The zero-order valence-electron chi connectivity index (χ0n) is 9.17. The zero-order chi connectivity index (χ0) is 12.5. The third-order valence-corrected chi connectivity index (χ3v) is 4.69. The fourth-order valence-corrected chi connectivity index (χ4v) is 3.02. The molecule has 1 fully saturated rings. The van der Waals surface area contributed by atoms with Gasteiger partial charge in [0.2, 0.25) is 5.91 Å². The maximum absolute atomic E-state index is 11.9. The first-order valence-corrected chi connectivity index (χ1v) is 7.49. The Morgan fingerprint density at radius 3 is 2.76 bits per heavy atom. The molecule has 0 heterocycles. The van der Waals surface area contributed by atoms with Crippen LogP contribution in [0.2, 0.25) is 5.02 Å². The molecule has 2 rings (SSSR count). The van der Waals surface area contributed by atoms with E-state index in [0.29, 0.717) is 17.1 Å². The predicted octanol–water partition coefficient (Wildman–Crippen LogP) is 3.98. The molecule has 0 aromatic heterocycles. The fraction of sp³-hybridized carbons (Fsp3) is 0.417. The van der Waals surface area contributed by atoms with Crippen molar-refractivity contribution in [2.75, 3.05) is 11.1 Å². The van der Waals surface area contributed by atoms with E-state index in [4.69, 9.17) is 11.6 Å². The number of halogens is 2. The molecule has 2 nitrogen and oxygen atoms in total. The first kappa shape index (κ1) is 13.5.